The van der Waals surface area contributed by atoms with Crippen LogP contribution in [0.4, 0.5) is 11.4 Å². The van der Waals surface area contributed by atoms with E-state index >= 15 is 0 Å². The SMILES string of the molecule is Cc1ccc(Nc2cc(C)ccc2C(=O)O)c(Br)c1. The van der Waals surface area contributed by atoms with Crippen LogP contribution in [0.5, 0.6) is 0 Å². The van der Waals surface area contributed by atoms with Gasteiger partial charge in [0.25, 0.3) is 0 Å². The number of aromatic carboxylic acids is 1. The first-order valence-corrected chi connectivity index (χ1v) is 6.64. The molecular formula is C15H14BrNO2. The van der Waals surface area contributed by atoms with Gasteiger partial charge in [0.2, 0.25) is 0 Å². The van der Waals surface area contributed by atoms with Crippen molar-refractivity contribution in [3.63, 3.8) is 0 Å². The lowest BCUT2D eigenvalue weighted by atomic mass is 10.1. The van der Waals surface area contributed by atoms with Crippen LogP contribution >= 0.6 is 15.9 Å². The standard InChI is InChI=1S/C15H14BrNO2/c1-9-4-6-13(12(16)7-9)17-14-8-10(2)3-5-11(14)15(18)19/h3-8,17H,1-2H3,(H,18,19). The average molecular weight is 320 g/mol. The largest absolute Gasteiger partial charge is 0.478 e. The number of carboxylic acids is 1. The van der Waals surface area contributed by atoms with Crippen LogP contribution < -0.4 is 5.32 Å². The Morgan fingerprint density at radius 2 is 1.68 bits per heavy atom. The van der Waals surface area contributed by atoms with Crippen LogP contribution in [0, 0.1) is 13.8 Å². The Labute approximate surface area is 120 Å². The smallest absolute Gasteiger partial charge is 0.337 e. The molecule has 0 radical (unpaired) electrons. The van der Waals surface area contributed by atoms with E-state index in [1.807, 2.05) is 38.1 Å². The van der Waals surface area contributed by atoms with Crippen molar-refractivity contribution in [3.8, 4) is 0 Å². The first-order chi connectivity index (χ1) is 8.97. The molecule has 0 fully saturated rings. The second-order valence-corrected chi connectivity index (χ2v) is 5.32. The lowest BCUT2D eigenvalue weighted by molar-refractivity contribution is 0.0698. The molecule has 0 unspecified atom stereocenters. The number of halogens is 1. The normalized spacial score (nSPS) is 10.3. The lowest BCUT2D eigenvalue weighted by Gasteiger charge is -2.12. The maximum Gasteiger partial charge on any atom is 0.337 e. The molecule has 0 bridgehead atoms. The third kappa shape index (κ3) is 3.15. The number of carboxylic acid groups (broad SMARTS) is 1. The van der Waals surface area contributed by atoms with Gasteiger partial charge in [-0.1, -0.05) is 12.1 Å². The van der Waals surface area contributed by atoms with E-state index < -0.39 is 5.97 Å². The zero-order valence-corrected chi connectivity index (χ0v) is 12.3. The van der Waals surface area contributed by atoms with E-state index in [-0.39, 0.29) is 5.56 Å². The van der Waals surface area contributed by atoms with E-state index in [0.717, 1.165) is 21.3 Å². The minimum atomic E-state index is -0.939. The molecule has 0 heterocycles. The van der Waals surface area contributed by atoms with Crippen molar-refractivity contribution in [2.75, 3.05) is 5.32 Å². The predicted molar refractivity (Wildman–Crippen MR) is 80.3 cm³/mol. The molecule has 0 aliphatic rings. The van der Waals surface area contributed by atoms with Crippen molar-refractivity contribution in [2.45, 2.75) is 13.8 Å². The summed E-state index contributed by atoms with van der Waals surface area (Å²) in [4.78, 5) is 11.2. The molecule has 0 saturated heterocycles. The highest BCUT2D eigenvalue weighted by molar-refractivity contribution is 9.10. The summed E-state index contributed by atoms with van der Waals surface area (Å²) in [5, 5.41) is 12.4. The summed E-state index contributed by atoms with van der Waals surface area (Å²) >= 11 is 3.47. The molecule has 98 valence electrons. The molecule has 0 amide bonds. The van der Waals surface area contributed by atoms with Crippen molar-refractivity contribution < 1.29 is 9.90 Å². The topological polar surface area (TPSA) is 49.3 Å². The van der Waals surface area contributed by atoms with Gasteiger partial charge in [0.05, 0.1) is 16.9 Å². The Balaban J connectivity index is 2.42. The molecule has 3 nitrogen and oxygen atoms in total. The van der Waals surface area contributed by atoms with Crippen molar-refractivity contribution in [1.82, 2.24) is 0 Å². The minimum absolute atomic E-state index is 0.262. The van der Waals surface area contributed by atoms with Gasteiger partial charge in [0, 0.05) is 4.47 Å². The molecule has 0 spiro atoms. The highest BCUT2D eigenvalue weighted by Crippen LogP contribution is 2.29. The number of anilines is 2. The molecule has 19 heavy (non-hydrogen) atoms. The van der Waals surface area contributed by atoms with E-state index in [1.165, 1.54) is 0 Å². The quantitative estimate of drug-likeness (QED) is 0.875. The summed E-state index contributed by atoms with van der Waals surface area (Å²) in [6.45, 7) is 3.94. The van der Waals surface area contributed by atoms with E-state index in [4.69, 9.17) is 0 Å². The summed E-state index contributed by atoms with van der Waals surface area (Å²) in [7, 11) is 0. The van der Waals surface area contributed by atoms with E-state index in [2.05, 4.69) is 21.2 Å². The number of hydrogen-bond acceptors (Lipinski definition) is 2. The van der Waals surface area contributed by atoms with Crippen LogP contribution in [0.2, 0.25) is 0 Å². The summed E-state index contributed by atoms with van der Waals surface area (Å²) in [6.07, 6.45) is 0. The minimum Gasteiger partial charge on any atom is -0.478 e. The van der Waals surface area contributed by atoms with Gasteiger partial charge in [0.15, 0.2) is 0 Å². The van der Waals surface area contributed by atoms with Crippen LogP contribution in [0.25, 0.3) is 0 Å². The molecule has 0 atom stereocenters. The maximum atomic E-state index is 11.2. The number of nitrogens with one attached hydrogen (secondary N) is 1. The van der Waals surface area contributed by atoms with Gasteiger partial charge in [-0.2, -0.15) is 0 Å². The van der Waals surface area contributed by atoms with E-state index in [9.17, 15) is 9.90 Å². The number of carbonyl (C=O) groups is 1. The molecule has 2 aromatic carbocycles. The van der Waals surface area contributed by atoms with E-state index in [1.54, 1.807) is 12.1 Å². The van der Waals surface area contributed by atoms with Gasteiger partial charge >= 0.3 is 5.97 Å². The molecule has 0 saturated carbocycles. The Morgan fingerprint density at radius 1 is 1.05 bits per heavy atom. The van der Waals surface area contributed by atoms with Crippen LogP contribution in [-0.2, 0) is 0 Å². The fraction of sp³-hybridized carbons (Fsp3) is 0.133. The van der Waals surface area contributed by atoms with E-state index in [0.29, 0.717) is 5.69 Å². The molecule has 2 rings (SSSR count). The summed E-state index contributed by atoms with van der Waals surface area (Å²) < 4.78 is 0.908. The third-order valence-electron chi connectivity index (χ3n) is 2.80. The van der Waals surface area contributed by atoms with Gasteiger partial charge in [-0.25, -0.2) is 4.79 Å². The Hall–Kier alpha value is -1.81. The van der Waals surface area contributed by atoms with Crippen LogP contribution in [0.15, 0.2) is 40.9 Å². The summed E-state index contributed by atoms with van der Waals surface area (Å²) in [6, 6.07) is 11.1. The zero-order chi connectivity index (χ0) is 14.0. The predicted octanol–water partition coefficient (Wildman–Crippen LogP) is 4.51. The fourth-order valence-corrected chi connectivity index (χ4v) is 2.41. The second-order valence-electron chi connectivity index (χ2n) is 4.46. The first-order valence-electron chi connectivity index (χ1n) is 5.84. The van der Waals surface area contributed by atoms with Crippen molar-refractivity contribution in [1.29, 1.82) is 0 Å². The molecule has 0 aliphatic heterocycles. The summed E-state index contributed by atoms with van der Waals surface area (Å²) in [5.74, 6) is -0.939. The van der Waals surface area contributed by atoms with Crippen molar-refractivity contribution in [2.24, 2.45) is 0 Å². The number of benzene rings is 2. The first kappa shape index (κ1) is 13.6. The molecule has 0 aliphatic carbocycles. The molecule has 0 aromatic heterocycles. The second kappa shape index (κ2) is 5.45. The van der Waals surface area contributed by atoms with Gasteiger partial charge in [-0.05, 0) is 65.2 Å². The van der Waals surface area contributed by atoms with Crippen LogP contribution in [-0.4, -0.2) is 11.1 Å². The monoisotopic (exact) mass is 319 g/mol. The Bertz CT molecular complexity index is 638. The maximum absolute atomic E-state index is 11.2. The summed E-state index contributed by atoms with van der Waals surface area (Å²) in [5.41, 5.74) is 3.85. The average Bonchev–Trinajstić information content (AvgIpc) is 2.32. The fourth-order valence-electron chi connectivity index (χ4n) is 1.81. The highest BCUT2D eigenvalue weighted by Gasteiger charge is 2.11. The number of aryl methyl sites for hydroxylation is 2. The van der Waals surface area contributed by atoms with Crippen molar-refractivity contribution >= 4 is 33.3 Å². The highest BCUT2D eigenvalue weighted by atomic mass is 79.9. The lowest BCUT2D eigenvalue weighted by Crippen LogP contribution is -2.03. The number of rotatable bonds is 3. The molecular weight excluding hydrogens is 306 g/mol. The van der Waals surface area contributed by atoms with Crippen molar-refractivity contribution in [3.05, 3.63) is 57.6 Å². The van der Waals surface area contributed by atoms with Crippen LogP contribution in [0.3, 0.4) is 0 Å². The number of hydrogen-bond donors (Lipinski definition) is 2. The Kier molecular flexibility index (Phi) is 3.90. The molecule has 2 N–H and O–H groups in total. The van der Waals surface area contributed by atoms with Gasteiger partial charge in [-0.15, -0.1) is 0 Å². The third-order valence-corrected chi connectivity index (χ3v) is 3.46. The van der Waals surface area contributed by atoms with Crippen LogP contribution in [0.1, 0.15) is 21.5 Å². The Morgan fingerprint density at radius 3 is 2.32 bits per heavy atom. The van der Waals surface area contributed by atoms with Gasteiger partial charge in [0.1, 0.15) is 0 Å². The zero-order valence-electron chi connectivity index (χ0n) is 10.7. The molecule has 2 aromatic rings. The molecule has 4 heteroatoms. The van der Waals surface area contributed by atoms with Gasteiger partial charge in [-0.3, -0.25) is 0 Å². The van der Waals surface area contributed by atoms with Gasteiger partial charge < -0.3 is 10.4 Å².